The molecule has 1 aliphatic heterocycles. The molecule has 0 bridgehead atoms. The molecule has 0 aliphatic carbocycles. The molecule has 4 rings (SSSR count). The molecule has 1 aromatic heterocycles. The van der Waals surface area contributed by atoms with Gasteiger partial charge < -0.3 is 14.6 Å². The molecule has 0 atom stereocenters. The van der Waals surface area contributed by atoms with Gasteiger partial charge in [-0.15, -0.1) is 0 Å². The lowest BCUT2D eigenvalue weighted by Crippen LogP contribution is -2.42. The number of piperidine rings is 1. The van der Waals surface area contributed by atoms with Crippen molar-refractivity contribution in [2.75, 3.05) is 20.2 Å². The number of rotatable bonds is 5. The maximum atomic E-state index is 13.0. The van der Waals surface area contributed by atoms with Crippen LogP contribution in [-0.2, 0) is 22.5 Å². The highest BCUT2D eigenvalue weighted by Crippen LogP contribution is 2.22. The SMILES string of the molecule is COC(=O)c1ccc2c(=O)n(CC(=O)N3CCC(Cc4ccccc4)CC3)c(=S)[nH]c2c1. The second-order valence-corrected chi connectivity index (χ2v) is 8.47. The molecule has 0 spiro atoms. The second-order valence-electron chi connectivity index (χ2n) is 8.09. The van der Waals surface area contributed by atoms with Crippen molar-refractivity contribution >= 4 is 35.0 Å². The minimum Gasteiger partial charge on any atom is -0.465 e. The van der Waals surface area contributed by atoms with Gasteiger partial charge in [0, 0.05) is 13.1 Å². The molecular weight excluding hydrogens is 426 g/mol. The number of benzene rings is 2. The van der Waals surface area contributed by atoms with Gasteiger partial charge in [0.2, 0.25) is 5.91 Å². The summed E-state index contributed by atoms with van der Waals surface area (Å²) in [5, 5.41) is 0.362. The third-order valence-electron chi connectivity index (χ3n) is 6.03. The summed E-state index contributed by atoms with van der Waals surface area (Å²) >= 11 is 5.34. The number of carbonyl (C=O) groups is 2. The first-order valence-electron chi connectivity index (χ1n) is 10.6. The normalized spacial score (nSPS) is 14.5. The topological polar surface area (TPSA) is 84.4 Å². The number of fused-ring (bicyclic) bond motifs is 1. The van der Waals surface area contributed by atoms with E-state index in [1.807, 2.05) is 11.0 Å². The summed E-state index contributed by atoms with van der Waals surface area (Å²) in [5.41, 5.74) is 1.72. The molecule has 2 heterocycles. The average molecular weight is 452 g/mol. The van der Waals surface area contributed by atoms with Crippen LogP contribution in [0.2, 0.25) is 0 Å². The van der Waals surface area contributed by atoms with Crippen LogP contribution in [0.15, 0.2) is 53.3 Å². The van der Waals surface area contributed by atoms with E-state index >= 15 is 0 Å². The Morgan fingerprint density at radius 3 is 2.53 bits per heavy atom. The lowest BCUT2D eigenvalue weighted by molar-refractivity contribution is -0.133. The molecule has 1 aliphatic rings. The third kappa shape index (κ3) is 4.65. The number of aromatic amines is 1. The highest BCUT2D eigenvalue weighted by atomic mass is 32.1. The van der Waals surface area contributed by atoms with E-state index in [2.05, 4.69) is 29.2 Å². The van der Waals surface area contributed by atoms with Gasteiger partial charge in [-0.2, -0.15) is 0 Å². The first-order chi connectivity index (χ1) is 15.5. The van der Waals surface area contributed by atoms with Crippen molar-refractivity contribution in [1.82, 2.24) is 14.5 Å². The molecule has 0 radical (unpaired) electrons. The van der Waals surface area contributed by atoms with Crippen LogP contribution in [0.25, 0.3) is 10.9 Å². The molecule has 0 saturated carbocycles. The number of aromatic nitrogens is 2. The fourth-order valence-corrected chi connectivity index (χ4v) is 4.47. The highest BCUT2D eigenvalue weighted by molar-refractivity contribution is 7.71. The fourth-order valence-electron chi connectivity index (χ4n) is 4.21. The van der Waals surface area contributed by atoms with Gasteiger partial charge in [0.05, 0.1) is 23.6 Å². The minimum absolute atomic E-state index is 0.105. The van der Waals surface area contributed by atoms with E-state index in [0.29, 0.717) is 35.5 Å². The summed E-state index contributed by atoms with van der Waals surface area (Å²) in [5.74, 6) is -0.0618. The number of ether oxygens (including phenoxy) is 1. The number of hydrogen-bond acceptors (Lipinski definition) is 5. The van der Waals surface area contributed by atoms with Crippen LogP contribution in [0.5, 0.6) is 0 Å². The molecule has 32 heavy (non-hydrogen) atoms. The number of H-pyrrole nitrogens is 1. The summed E-state index contributed by atoms with van der Waals surface area (Å²) in [6, 6.07) is 15.0. The van der Waals surface area contributed by atoms with Crippen LogP contribution < -0.4 is 5.56 Å². The number of carbonyl (C=O) groups excluding carboxylic acids is 2. The van der Waals surface area contributed by atoms with E-state index in [0.717, 1.165) is 19.3 Å². The Balaban J connectivity index is 1.45. The Hall–Kier alpha value is -3.26. The van der Waals surface area contributed by atoms with Crippen LogP contribution in [-0.4, -0.2) is 46.5 Å². The smallest absolute Gasteiger partial charge is 0.337 e. The molecule has 7 nitrogen and oxygen atoms in total. The number of likely N-dealkylation sites (tertiary alicyclic amines) is 1. The van der Waals surface area contributed by atoms with E-state index in [1.165, 1.54) is 29.4 Å². The first-order valence-corrected chi connectivity index (χ1v) is 11.0. The van der Waals surface area contributed by atoms with Gasteiger partial charge in [0.15, 0.2) is 4.77 Å². The van der Waals surface area contributed by atoms with Crippen LogP contribution in [0, 0.1) is 10.7 Å². The molecule has 1 fully saturated rings. The summed E-state index contributed by atoms with van der Waals surface area (Å²) in [6.07, 6.45) is 2.90. The predicted molar refractivity (Wildman–Crippen MR) is 124 cm³/mol. The van der Waals surface area contributed by atoms with Gasteiger partial charge in [0.1, 0.15) is 6.54 Å². The van der Waals surface area contributed by atoms with Crippen molar-refractivity contribution in [2.45, 2.75) is 25.8 Å². The van der Waals surface area contributed by atoms with E-state index in [-0.39, 0.29) is 22.8 Å². The van der Waals surface area contributed by atoms with Crippen molar-refractivity contribution in [3.05, 3.63) is 74.8 Å². The zero-order chi connectivity index (χ0) is 22.7. The predicted octanol–water partition coefficient (Wildman–Crippen LogP) is 3.33. The molecule has 1 N–H and O–H groups in total. The third-order valence-corrected chi connectivity index (χ3v) is 6.35. The highest BCUT2D eigenvalue weighted by Gasteiger charge is 2.24. The van der Waals surface area contributed by atoms with Gasteiger partial charge in [-0.3, -0.25) is 14.2 Å². The Morgan fingerprint density at radius 1 is 1.12 bits per heavy atom. The molecule has 1 saturated heterocycles. The fraction of sp³-hybridized carbons (Fsp3) is 0.333. The van der Waals surface area contributed by atoms with Gasteiger partial charge in [-0.05, 0) is 61.2 Å². The number of methoxy groups -OCH3 is 1. The van der Waals surface area contributed by atoms with E-state index in [9.17, 15) is 14.4 Å². The standard InChI is InChI=1S/C24H25N3O4S/c1-31-23(30)18-7-8-19-20(14-18)25-24(32)27(22(19)29)15-21(28)26-11-9-17(10-12-26)13-16-5-3-2-4-6-16/h2-8,14,17H,9-13,15H2,1H3,(H,25,32). The van der Waals surface area contributed by atoms with Crippen LogP contribution in [0.3, 0.4) is 0 Å². The van der Waals surface area contributed by atoms with Crippen molar-refractivity contribution in [3.8, 4) is 0 Å². The van der Waals surface area contributed by atoms with Gasteiger partial charge in [-0.25, -0.2) is 4.79 Å². The maximum Gasteiger partial charge on any atom is 0.337 e. The number of nitrogens with one attached hydrogen (secondary N) is 1. The van der Waals surface area contributed by atoms with E-state index in [4.69, 9.17) is 17.0 Å². The molecule has 1 amide bonds. The zero-order valence-electron chi connectivity index (χ0n) is 17.9. The van der Waals surface area contributed by atoms with Crippen molar-refractivity contribution in [1.29, 1.82) is 0 Å². The molecule has 2 aromatic carbocycles. The Kier molecular flexibility index (Phi) is 6.50. The van der Waals surface area contributed by atoms with E-state index < -0.39 is 5.97 Å². The minimum atomic E-state index is -0.499. The van der Waals surface area contributed by atoms with Crippen LogP contribution in [0.1, 0.15) is 28.8 Å². The van der Waals surface area contributed by atoms with Gasteiger partial charge in [0.25, 0.3) is 5.56 Å². The largest absolute Gasteiger partial charge is 0.465 e. The monoisotopic (exact) mass is 451 g/mol. The number of esters is 1. The van der Waals surface area contributed by atoms with Crippen molar-refractivity contribution in [3.63, 3.8) is 0 Å². The van der Waals surface area contributed by atoms with Gasteiger partial charge in [-0.1, -0.05) is 30.3 Å². The average Bonchev–Trinajstić information content (AvgIpc) is 2.82. The summed E-state index contributed by atoms with van der Waals surface area (Å²) in [7, 11) is 1.29. The van der Waals surface area contributed by atoms with E-state index in [1.54, 1.807) is 6.07 Å². The first kappa shape index (κ1) is 22.0. The molecular formula is C24H25N3O4S. The summed E-state index contributed by atoms with van der Waals surface area (Å²) < 4.78 is 6.15. The Labute approximate surface area is 190 Å². The Bertz CT molecular complexity index is 1260. The molecule has 8 heteroatoms. The zero-order valence-corrected chi connectivity index (χ0v) is 18.7. The molecule has 3 aromatic rings. The number of hydrogen-bond donors (Lipinski definition) is 1. The summed E-state index contributed by atoms with van der Waals surface area (Å²) in [6.45, 7) is 1.25. The lowest BCUT2D eigenvalue weighted by Gasteiger charge is -2.32. The Morgan fingerprint density at radius 2 is 1.84 bits per heavy atom. The lowest BCUT2D eigenvalue weighted by atomic mass is 9.90. The van der Waals surface area contributed by atoms with Crippen LogP contribution in [0.4, 0.5) is 0 Å². The number of nitrogens with zero attached hydrogens (tertiary/aromatic N) is 2. The van der Waals surface area contributed by atoms with Crippen molar-refractivity contribution < 1.29 is 14.3 Å². The second kappa shape index (κ2) is 9.48. The number of amides is 1. The molecule has 0 unspecified atom stereocenters. The van der Waals surface area contributed by atoms with Crippen molar-refractivity contribution in [2.24, 2.45) is 5.92 Å². The summed E-state index contributed by atoms with van der Waals surface area (Å²) in [4.78, 5) is 42.4. The maximum absolute atomic E-state index is 13.0. The quantitative estimate of drug-likeness (QED) is 0.475. The van der Waals surface area contributed by atoms with Crippen LogP contribution >= 0.6 is 12.2 Å². The molecule has 166 valence electrons. The van der Waals surface area contributed by atoms with Gasteiger partial charge >= 0.3 is 5.97 Å².